The highest BCUT2D eigenvalue weighted by molar-refractivity contribution is 7.99. The zero-order chi connectivity index (χ0) is 11.3. The lowest BCUT2D eigenvalue weighted by Crippen LogP contribution is -1.89. The van der Waals surface area contributed by atoms with E-state index in [4.69, 9.17) is 11.6 Å². The van der Waals surface area contributed by atoms with Crippen molar-refractivity contribution in [1.82, 2.24) is 0 Å². The van der Waals surface area contributed by atoms with Crippen molar-refractivity contribution in [2.45, 2.75) is 31.1 Å². The molecule has 3 heteroatoms. The van der Waals surface area contributed by atoms with E-state index < -0.39 is 0 Å². The number of rotatable bonds is 5. The van der Waals surface area contributed by atoms with Gasteiger partial charge in [-0.05, 0) is 35.2 Å². The first-order valence-corrected chi connectivity index (χ1v) is 6.37. The Hall–Kier alpha value is -0.470. The van der Waals surface area contributed by atoms with Gasteiger partial charge < -0.3 is 0 Å². The zero-order valence-electron chi connectivity index (χ0n) is 9.00. The molecule has 1 aromatic carbocycles. The second-order valence-corrected chi connectivity index (χ2v) is 5.27. The molecule has 82 valence electrons. The maximum absolute atomic E-state index is 10.5. The predicted molar refractivity (Wildman–Crippen MR) is 66.7 cm³/mol. The topological polar surface area (TPSA) is 17.1 Å². The molecule has 1 aromatic rings. The minimum Gasteiger partial charge on any atom is -0.281 e. The van der Waals surface area contributed by atoms with Crippen LogP contribution in [0.2, 0.25) is 0 Å². The summed E-state index contributed by atoms with van der Waals surface area (Å²) in [5, 5.41) is -0.263. The van der Waals surface area contributed by atoms with Gasteiger partial charge in [-0.1, -0.05) is 26.0 Å². The smallest absolute Gasteiger partial charge is 0.222 e. The van der Waals surface area contributed by atoms with E-state index in [2.05, 4.69) is 38.1 Å². The van der Waals surface area contributed by atoms with E-state index in [1.807, 2.05) is 0 Å². The fraction of sp³-hybridized carbons (Fsp3) is 0.417. The summed E-state index contributed by atoms with van der Waals surface area (Å²) in [5.41, 5.74) is 1.34. The largest absolute Gasteiger partial charge is 0.281 e. The SMILES string of the molecule is CC(C)c1ccc(SCCC(=O)Cl)cc1. The van der Waals surface area contributed by atoms with Crippen molar-refractivity contribution >= 4 is 28.6 Å². The standard InChI is InChI=1S/C12H15ClOS/c1-9(2)10-3-5-11(6-4-10)15-8-7-12(13)14/h3-6,9H,7-8H2,1-2H3. The Balaban J connectivity index is 2.46. The Labute approximate surface area is 100 Å². The highest BCUT2D eigenvalue weighted by atomic mass is 35.5. The summed E-state index contributed by atoms with van der Waals surface area (Å²) in [4.78, 5) is 11.7. The van der Waals surface area contributed by atoms with Crippen molar-refractivity contribution in [2.24, 2.45) is 0 Å². The van der Waals surface area contributed by atoms with Crippen LogP contribution in [0.5, 0.6) is 0 Å². The molecule has 0 amide bonds. The number of thioether (sulfide) groups is 1. The molecule has 0 unspecified atom stereocenters. The first-order valence-electron chi connectivity index (χ1n) is 5.00. The van der Waals surface area contributed by atoms with E-state index in [1.165, 1.54) is 10.5 Å². The molecule has 0 bridgehead atoms. The number of carbonyl (C=O) groups excluding carboxylic acids is 1. The average Bonchev–Trinajstić information content (AvgIpc) is 2.18. The number of halogens is 1. The zero-order valence-corrected chi connectivity index (χ0v) is 10.6. The molecule has 0 aromatic heterocycles. The van der Waals surface area contributed by atoms with E-state index in [-0.39, 0.29) is 5.24 Å². The van der Waals surface area contributed by atoms with Gasteiger partial charge >= 0.3 is 0 Å². The second-order valence-electron chi connectivity index (χ2n) is 3.68. The second kappa shape index (κ2) is 6.19. The maximum atomic E-state index is 10.5. The van der Waals surface area contributed by atoms with Crippen LogP contribution >= 0.6 is 23.4 Å². The van der Waals surface area contributed by atoms with Crippen LogP contribution in [-0.2, 0) is 4.79 Å². The van der Waals surface area contributed by atoms with E-state index >= 15 is 0 Å². The van der Waals surface area contributed by atoms with Gasteiger partial charge in [-0.3, -0.25) is 4.79 Å². The van der Waals surface area contributed by atoms with Crippen LogP contribution < -0.4 is 0 Å². The number of hydrogen-bond acceptors (Lipinski definition) is 2. The molecule has 0 aliphatic rings. The Morgan fingerprint density at radius 2 is 1.93 bits per heavy atom. The van der Waals surface area contributed by atoms with Gasteiger partial charge in [-0.25, -0.2) is 0 Å². The molecule has 15 heavy (non-hydrogen) atoms. The van der Waals surface area contributed by atoms with Crippen LogP contribution in [0.25, 0.3) is 0 Å². The van der Waals surface area contributed by atoms with Gasteiger partial charge in [-0.2, -0.15) is 0 Å². The molecule has 0 heterocycles. The normalized spacial score (nSPS) is 10.7. The van der Waals surface area contributed by atoms with Gasteiger partial charge in [-0.15, -0.1) is 11.8 Å². The molecule has 0 radical (unpaired) electrons. The predicted octanol–water partition coefficient (Wildman–Crippen LogP) is 4.06. The van der Waals surface area contributed by atoms with Crippen molar-refractivity contribution in [3.63, 3.8) is 0 Å². The van der Waals surface area contributed by atoms with E-state index in [0.29, 0.717) is 12.3 Å². The van der Waals surface area contributed by atoms with Crippen molar-refractivity contribution in [3.05, 3.63) is 29.8 Å². The highest BCUT2D eigenvalue weighted by Gasteiger charge is 2.00. The van der Waals surface area contributed by atoms with E-state index in [1.54, 1.807) is 11.8 Å². The highest BCUT2D eigenvalue weighted by Crippen LogP contribution is 2.22. The molecular formula is C12H15ClOS. The fourth-order valence-electron chi connectivity index (χ4n) is 1.20. The first kappa shape index (κ1) is 12.6. The molecule has 0 fully saturated rings. The maximum Gasteiger partial charge on any atom is 0.222 e. The van der Waals surface area contributed by atoms with Crippen LogP contribution in [0.3, 0.4) is 0 Å². The summed E-state index contributed by atoms with van der Waals surface area (Å²) in [6.07, 6.45) is 0.429. The third kappa shape index (κ3) is 4.72. The summed E-state index contributed by atoms with van der Waals surface area (Å²) in [7, 11) is 0. The molecule has 0 spiro atoms. The van der Waals surface area contributed by atoms with E-state index in [9.17, 15) is 4.79 Å². The molecule has 1 nitrogen and oxygen atoms in total. The van der Waals surface area contributed by atoms with Crippen molar-refractivity contribution in [2.75, 3.05) is 5.75 Å². The lowest BCUT2D eigenvalue weighted by atomic mass is 10.0. The van der Waals surface area contributed by atoms with E-state index in [0.717, 1.165) is 5.75 Å². The lowest BCUT2D eigenvalue weighted by Gasteiger charge is -2.06. The van der Waals surface area contributed by atoms with Crippen LogP contribution in [0.1, 0.15) is 31.7 Å². The van der Waals surface area contributed by atoms with Gasteiger partial charge in [0.25, 0.3) is 0 Å². The number of benzene rings is 1. The van der Waals surface area contributed by atoms with Crippen molar-refractivity contribution < 1.29 is 4.79 Å². The minimum absolute atomic E-state index is 0.263. The molecule has 0 N–H and O–H groups in total. The van der Waals surface area contributed by atoms with Crippen LogP contribution in [0.4, 0.5) is 0 Å². The van der Waals surface area contributed by atoms with Crippen molar-refractivity contribution in [1.29, 1.82) is 0 Å². The van der Waals surface area contributed by atoms with Gasteiger partial charge in [0.1, 0.15) is 0 Å². The summed E-state index contributed by atoms with van der Waals surface area (Å²) < 4.78 is 0. The van der Waals surface area contributed by atoms with Crippen LogP contribution in [-0.4, -0.2) is 11.0 Å². The molecular weight excluding hydrogens is 228 g/mol. The lowest BCUT2D eigenvalue weighted by molar-refractivity contribution is -0.111. The van der Waals surface area contributed by atoms with Gasteiger partial charge in [0.15, 0.2) is 0 Å². The third-order valence-corrected chi connectivity index (χ3v) is 3.32. The average molecular weight is 243 g/mol. The van der Waals surface area contributed by atoms with Crippen LogP contribution in [0, 0.1) is 0 Å². The Kier molecular flexibility index (Phi) is 5.20. The minimum atomic E-state index is -0.263. The van der Waals surface area contributed by atoms with Gasteiger partial charge in [0, 0.05) is 17.1 Å². The molecule has 0 atom stereocenters. The van der Waals surface area contributed by atoms with Gasteiger partial charge in [0.2, 0.25) is 5.24 Å². The number of hydrogen-bond donors (Lipinski definition) is 0. The molecule has 0 saturated heterocycles. The third-order valence-electron chi connectivity index (χ3n) is 2.11. The van der Waals surface area contributed by atoms with Crippen LogP contribution in [0.15, 0.2) is 29.2 Å². The monoisotopic (exact) mass is 242 g/mol. The quantitative estimate of drug-likeness (QED) is 0.572. The first-order chi connectivity index (χ1) is 7.09. The summed E-state index contributed by atoms with van der Waals surface area (Å²) in [5.74, 6) is 1.32. The Morgan fingerprint density at radius 3 is 2.40 bits per heavy atom. The number of carbonyl (C=O) groups is 1. The summed E-state index contributed by atoms with van der Waals surface area (Å²) >= 11 is 6.92. The van der Waals surface area contributed by atoms with Crippen molar-refractivity contribution in [3.8, 4) is 0 Å². The Morgan fingerprint density at radius 1 is 1.33 bits per heavy atom. The van der Waals surface area contributed by atoms with Gasteiger partial charge in [0.05, 0.1) is 0 Å². The summed E-state index contributed by atoms with van der Waals surface area (Å²) in [6, 6.07) is 8.46. The molecule has 1 rings (SSSR count). The summed E-state index contributed by atoms with van der Waals surface area (Å²) in [6.45, 7) is 4.35. The molecule has 0 aliphatic carbocycles. The molecule has 0 saturated carbocycles. The fourth-order valence-corrected chi connectivity index (χ4v) is 2.26. The Bertz CT molecular complexity index is 319. The molecule has 0 aliphatic heterocycles.